The molecule has 2 rings (SSSR count). The van der Waals surface area contributed by atoms with Crippen molar-refractivity contribution in [1.82, 2.24) is 18.5 Å². The maximum atomic E-state index is 11.6. The minimum absolute atomic E-state index is 0.0348. The molecule has 5 nitrogen and oxygen atoms in total. The zero-order valence-electron chi connectivity index (χ0n) is 8.25. The Balaban J connectivity index is 1.91. The van der Waals surface area contributed by atoms with E-state index in [0.717, 1.165) is 17.3 Å². The SMILES string of the molecule is Cn1cc(CCC(=O)c2cnsn2)cn1. The molecular weight excluding hydrogens is 212 g/mol. The van der Waals surface area contributed by atoms with Gasteiger partial charge in [0.1, 0.15) is 5.69 Å². The zero-order valence-corrected chi connectivity index (χ0v) is 9.07. The Bertz CT molecular complexity index is 448. The van der Waals surface area contributed by atoms with Crippen LogP contribution in [-0.4, -0.2) is 24.3 Å². The van der Waals surface area contributed by atoms with Crippen LogP contribution in [0.25, 0.3) is 0 Å². The van der Waals surface area contributed by atoms with Gasteiger partial charge in [0.15, 0.2) is 5.78 Å². The van der Waals surface area contributed by atoms with Crippen molar-refractivity contribution in [2.45, 2.75) is 12.8 Å². The van der Waals surface area contributed by atoms with Crippen LogP contribution in [0.3, 0.4) is 0 Å². The summed E-state index contributed by atoms with van der Waals surface area (Å²) in [6.45, 7) is 0. The molecular formula is C9H10N4OS. The van der Waals surface area contributed by atoms with Gasteiger partial charge in [-0.05, 0) is 12.0 Å². The first-order chi connectivity index (χ1) is 7.25. The first kappa shape index (κ1) is 9.97. The zero-order chi connectivity index (χ0) is 10.7. The lowest BCUT2D eigenvalue weighted by Gasteiger charge is -1.94. The van der Waals surface area contributed by atoms with Gasteiger partial charge in [-0.2, -0.15) is 13.8 Å². The highest BCUT2D eigenvalue weighted by atomic mass is 32.1. The molecule has 2 heterocycles. The number of Topliss-reactive ketones (excluding diaryl/α,β-unsaturated/α-hetero) is 1. The van der Waals surface area contributed by atoms with E-state index in [1.807, 2.05) is 13.2 Å². The lowest BCUT2D eigenvalue weighted by Crippen LogP contribution is -2.00. The molecule has 0 radical (unpaired) electrons. The number of carbonyl (C=O) groups excluding carboxylic acids is 1. The average molecular weight is 222 g/mol. The van der Waals surface area contributed by atoms with Gasteiger partial charge >= 0.3 is 0 Å². The van der Waals surface area contributed by atoms with Crippen molar-refractivity contribution in [2.24, 2.45) is 7.05 Å². The van der Waals surface area contributed by atoms with E-state index in [1.54, 1.807) is 10.9 Å². The number of hydrogen-bond donors (Lipinski definition) is 0. The normalized spacial score (nSPS) is 10.5. The molecule has 6 heteroatoms. The van der Waals surface area contributed by atoms with Gasteiger partial charge in [-0.15, -0.1) is 0 Å². The Morgan fingerprint density at radius 1 is 1.53 bits per heavy atom. The molecule has 0 spiro atoms. The topological polar surface area (TPSA) is 60.7 Å². The van der Waals surface area contributed by atoms with Gasteiger partial charge in [-0.1, -0.05) is 0 Å². The van der Waals surface area contributed by atoms with Crippen LogP contribution in [0.1, 0.15) is 22.5 Å². The molecule has 0 saturated carbocycles. The van der Waals surface area contributed by atoms with Crippen molar-refractivity contribution in [3.05, 3.63) is 29.8 Å². The minimum Gasteiger partial charge on any atom is -0.292 e. The summed E-state index contributed by atoms with van der Waals surface area (Å²) in [4.78, 5) is 11.6. The Labute approximate surface area is 91.1 Å². The number of hydrogen-bond acceptors (Lipinski definition) is 5. The molecule has 15 heavy (non-hydrogen) atoms. The molecule has 0 aliphatic rings. The summed E-state index contributed by atoms with van der Waals surface area (Å²) in [5.74, 6) is 0.0348. The van der Waals surface area contributed by atoms with Gasteiger partial charge in [-0.3, -0.25) is 9.48 Å². The second kappa shape index (κ2) is 4.31. The highest BCUT2D eigenvalue weighted by molar-refractivity contribution is 6.99. The summed E-state index contributed by atoms with van der Waals surface area (Å²) in [7, 11) is 1.86. The highest BCUT2D eigenvalue weighted by Gasteiger charge is 2.09. The summed E-state index contributed by atoms with van der Waals surface area (Å²) in [6.07, 6.45) is 6.34. The van der Waals surface area contributed by atoms with E-state index < -0.39 is 0 Å². The van der Waals surface area contributed by atoms with Crippen LogP contribution in [0.15, 0.2) is 18.6 Å². The Kier molecular flexibility index (Phi) is 2.86. The maximum Gasteiger partial charge on any atom is 0.184 e. The number of nitrogens with zero attached hydrogens (tertiary/aromatic N) is 4. The lowest BCUT2D eigenvalue weighted by atomic mass is 10.1. The predicted octanol–water partition coefficient (Wildman–Crippen LogP) is 1.09. The van der Waals surface area contributed by atoms with Crippen molar-refractivity contribution in [3.63, 3.8) is 0 Å². The van der Waals surface area contributed by atoms with E-state index in [4.69, 9.17) is 0 Å². The van der Waals surface area contributed by atoms with Crippen molar-refractivity contribution >= 4 is 17.5 Å². The number of aromatic nitrogens is 4. The standard InChI is InChI=1S/C9H10N4OS/c1-13-6-7(4-10-13)2-3-9(14)8-5-11-15-12-8/h4-6H,2-3H2,1H3. The molecule has 2 aromatic rings. The molecule has 0 N–H and O–H groups in total. The van der Waals surface area contributed by atoms with Gasteiger partial charge < -0.3 is 0 Å². The first-order valence-corrected chi connectivity index (χ1v) is 5.27. The van der Waals surface area contributed by atoms with Crippen molar-refractivity contribution in [1.29, 1.82) is 0 Å². The smallest absolute Gasteiger partial charge is 0.184 e. The summed E-state index contributed by atoms with van der Waals surface area (Å²) >= 11 is 1.06. The second-order valence-corrected chi connectivity index (χ2v) is 3.79. The molecule has 0 bridgehead atoms. The lowest BCUT2D eigenvalue weighted by molar-refractivity contribution is 0.0979. The molecule has 0 aliphatic heterocycles. The number of rotatable bonds is 4. The molecule has 0 fully saturated rings. The van der Waals surface area contributed by atoms with E-state index in [-0.39, 0.29) is 5.78 Å². The number of ketones is 1. The Hall–Kier alpha value is -1.56. The summed E-state index contributed by atoms with van der Waals surface area (Å²) in [5, 5.41) is 4.04. The van der Waals surface area contributed by atoms with Crippen LogP contribution in [0, 0.1) is 0 Å². The van der Waals surface area contributed by atoms with Crippen LogP contribution in [0.5, 0.6) is 0 Å². The van der Waals surface area contributed by atoms with Crippen LogP contribution in [-0.2, 0) is 13.5 Å². The third-order valence-electron chi connectivity index (χ3n) is 2.05. The van der Waals surface area contributed by atoms with Crippen LogP contribution < -0.4 is 0 Å². The summed E-state index contributed by atoms with van der Waals surface area (Å²) in [6, 6.07) is 0. The molecule has 2 aromatic heterocycles. The van der Waals surface area contributed by atoms with E-state index in [2.05, 4.69) is 13.8 Å². The molecule has 0 aliphatic carbocycles. The fraction of sp³-hybridized carbons (Fsp3) is 0.333. The third-order valence-corrected chi connectivity index (χ3v) is 2.52. The molecule has 0 atom stereocenters. The number of aryl methyl sites for hydroxylation is 2. The Morgan fingerprint density at radius 3 is 3.00 bits per heavy atom. The van der Waals surface area contributed by atoms with Crippen molar-refractivity contribution < 1.29 is 4.79 Å². The van der Waals surface area contributed by atoms with Gasteiger partial charge in [0.25, 0.3) is 0 Å². The van der Waals surface area contributed by atoms with Crippen LogP contribution >= 0.6 is 11.7 Å². The van der Waals surface area contributed by atoms with Gasteiger partial charge in [-0.25, -0.2) is 0 Å². The fourth-order valence-corrected chi connectivity index (χ4v) is 1.71. The average Bonchev–Trinajstić information content (AvgIpc) is 2.84. The van der Waals surface area contributed by atoms with Crippen molar-refractivity contribution in [2.75, 3.05) is 0 Å². The maximum absolute atomic E-state index is 11.6. The molecule has 0 saturated heterocycles. The molecule has 78 valence electrons. The predicted molar refractivity (Wildman–Crippen MR) is 55.8 cm³/mol. The van der Waals surface area contributed by atoms with Gasteiger partial charge in [0, 0.05) is 19.7 Å². The molecule has 0 amide bonds. The van der Waals surface area contributed by atoms with Crippen LogP contribution in [0.4, 0.5) is 0 Å². The first-order valence-electron chi connectivity index (χ1n) is 4.54. The monoisotopic (exact) mass is 222 g/mol. The van der Waals surface area contributed by atoms with E-state index >= 15 is 0 Å². The van der Waals surface area contributed by atoms with E-state index in [0.29, 0.717) is 18.5 Å². The fourth-order valence-electron chi connectivity index (χ4n) is 1.27. The quantitative estimate of drug-likeness (QED) is 0.726. The summed E-state index contributed by atoms with van der Waals surface area (Å²) in [5.41, 5.74) is 1.53. The second-order valence-electron chi connectivity index (χ2n) is 3.24. The molecule has 0 unspecified atom stereocenters. The largest absolute Gasteiger partial charge is 0.292 e. The van der Waals surface area contributed by atoms with Gasteiger partial charge in [0.05, 0.1) is 24.1 Å². The van der Waals surface area contributed by atoms with E-state index in [1.165, 1.54) is 6.20 Å². The molecule has 0 aromatic carbocycles. The van der Waals surface area contributed by atoms with Crippen molar-refractivity contribution in [3.8, 4) is 0 Å². The minimum atomic E-state index is 0.0348. The highest BCUT2D eigenvalue weighted by Crippen LogP contribution is 2.06. The van der Waals surface area contributed by atoms with E-state index in [9.17, 15) is 4.79 Å². The van der Waals surface area contributed by atoms with Gasteiger partial charge in [0.2, 0.25) is 0 Å². The van der Waals surface area contributed by atoms with Crippen LogP contribution in [0.2, 0.25) is 0 Å². The number of carbonyl (C=O) groups is 1. The summed E-state index contributed by atoms with van der Waals surface area (Å²) < 4.78 is 9.42. The Morgan fingerprint density at radius 2 is 2.40 bits per heavy atom. The third kappa shape index (κ3) is 2.47.